The molecular weight excluding hydrogens is 264 g/mol. The SMILES string of the molecule is O=C(O)C1(CNc2nc(Cl)cs2)CCOCC1. The third-order valence-electron chi connectivity index (χ3n) is 2.96. The number of carboxylic acids is 1. The first-order valence-electron chi connectivity index (χ1n) is 5.28. The predicted molar refractivity (Wildman–Crippen MR) is 65.7 cm³/mol. The van der Waals surface area contributed by atoms with E-state index in [-0.39, 0.29) is 0 Å². The lowest BCUT2D eigenvalue weighted by Gasteiger charge is -2.33. The van der Waals surface area contributed by atoms with Crippen LogP contribution in [0.25, 0.3) is 0 Å². The molecule has 17 heavy (non-hydrogen) atoms. The number of halogens is 1. The Labute approximate surface area is 108 Å². The van der Waals surface area contributed by atoms with Gasteiger partial charge in [0, 0.05) is 25.1 Å². The fraction of sp³-hybridized carbons (Fsp3) is 0.600. The molecule has 2 N–H and O–H groups in total. The van der Waals surface area contributed by atoms with E-state index in [9.17, 15) is 9.90 Å². The van der Waals surface area contributed by atoms with Crippen LogP contribution in [0.2, 0.25) is 5.15 Å². The molecule has 2 rings (SSSR count). The normalized spacial score (nSPS) is 18.9. The third-order valence-corrected chi connectivity index (χ3v) is 4.08. The van der Waals surface area contributed by atoms with Crippen molar-refractivity contribution in [2.45, 2.75) is 12.8 Å². The van der Waals surface area contributed by atoms with Crippen LogP contribution in [0.1, 0.15) is 12.8 Å². The summed E-state index contributed by atoms with van der Waals surface area (Å²) >= 11 is 7.07. The van der Waals surface area contributed by atoms with Crippen LogP contribution in [0.5, 0.6) is 0 Å². The monoisotopic (exact) mass is 276 g/mol. The quantitative estimate of drug-likeness (QED) is 0.881. The van der Waals surface area contributed by atoms with Crippen molar-refractivity contribution in [3.63, 3.8) is 0 Å². The molecule has 1 saturated heterocycles. The summed E-state index contributed by atoms with van der Waals surface area (Å²) in [5.41, 5.74) is -0.754. The van der Waals surface area contributed by atoms with E-state index in [0.717, 1.165) is 0 Å². The van der Waals surface area contributed by atoms with Crippen molar-refractivity contribution in [2.24, 2.45) is 5.41 Å². The fourth-order valence-corrected chi connectivity index (χ4v) is 2.64. The van der Waals surface area contributed by atoms with Gasteiger partial charge in [-0.15, -0.1) is 11.3 Å². The lowest BCUT2D eigenvalue weighted by Crippen LogP contribution is -2.42. The highest BCUT2D eigenvalue weighted by Gasteiger charge is 2.40. The lowest BCUT2D eigenvalue weighted by atomic mass is 9.80. The van der Waals surface area contributed by atoms with E-state index in [2.05, 4.69) is 10.3 Å². The van der Waals surface area contributed by atoms with E-state index in [1.54, 1.807) is 5.38 Å². The summed E-state index contributed by atoms with van der Waals surface area (Å²) in [6.45, 7) is 1.34. The second-order valence-corrected chi connectivity index (χ2v) is 5.27. The van der Waals surface area contributed by atoms with Gasteiger partial charge in [0.05, 0.1) is 5.41 Å². The number of carbonyl (C=O) groups is 1. The number of carboxylic acid groups (broad SMARTS) is 1. The Morgan fingerprint density at radius 2 is 2.35 bits per heavy atom. The Hall–Kier alpha value is -0.850. The van der Waals surface area contributed by atoms with Crippen LogP contribution in [0.15, 0.2) is 5.38 Å². The molecule has 0 spiro atoms. The Morgan fingerprint density at radius 3 is 2.88 bits per heavy atom. The van der Waals surface area contributed by atoms with Crippen LogP contribution in [-0.2, 0) is 9.53 Å². The van der Waals surface area contributed by atoms with E-state index < -0.39 is 11.4 Å². The molecule has 5 nitrogen and oxygen atoms in total. The van der Waals surface area contributed by atoms with Crippen LogP contribution in [0, 0.1) is 5.41 Å². The van der Waals surface area contributed by atoms with Crippen LogP contribution in [0.4, 0.5) is 5.13 Å². The highest BCUT2D eigenvalue weighted by atomic mass is 35.5. The van der Waals surface area contributed by atoms with Gasteiger partial charge in [-0.2, -0.15) is 0 Å². The van der Waals surface area contributed by atoms with Crippen LogP contribution in [0.3, 0.4) is 0 Å². The molecule has 94 valence electrons. The number of nitrogens with one attached hydrogen (secondary N) is 1. The molecule has 0 aliphatic carbocycles. The molecule has 0 saturated carbocycles. The number of aromatic nitrogens is 1. The topological polar surface area (TPSA) is 71.5 Å². The summed E-state index contributed by atoms with van der Waals surface area (Å²) in [5, 5.41) is 15.2. The molecule has 1 aromatic heterocycles. The van der Waals surface area contributed by atoms with Crippen LogP contribution >= 0.6 is 22.9 Å². The Kier molecular flexibility index (Phi) is 3.86. The number of aliphatic carboxylic acids is 1. The first-order chi connectivity index (χ1) is 8.12. The Balaban J connectivity index is 2.00. The maximum absolute atomic E-state index is 11.4. The van der Waals surface area contributed by atoms with Crippen molar-refractivity contribution in [1.29, 1.82) is 0 Å². The summed E-state index contributed by atoms with van der Waals surface area (Å²) in [7, 11) is 0. The van der Waals surface area contributed by atoms with Crippen molar-refractivity contribution in [3.8, 4) is 0 Å². The zero-order valence-electron chi connectivity index (χ0n) is 9.11. The molecule has 0 atom stereocenters. The second-order valence-electron chi connectivity index (χ2n) is 4.03. The molecule has 1 aromatic rings. The second kappa shape index (κ2) is 5.20. The molecule has 1 aliphatic rings. The smallest absolute Gasteiger partial charge is 0.311 e. The first kappa shape index (κ1) is 12.6. The summed E-state index contributed by atoms with van der Waals surface area (Å²) in [5.74, 6) is -0.782. The first-order valence-corrected chi connectivity index (χ1v) is 6.54. The van der Waals surface area contributed by atoms with Gasteiger partial charge in [-0.05, 0) is 12.8 Å². The van der Waals surface area contributed by atoms with Crippen molar-refractivity contribution >= 4 is 34.0 Å². The van der Waals surface area contributed by atoms with Crippen molar-refractivity contribution < 1.29 is 14.6 Å². The number of hydrogen-bond acceptors (Lipinski definition) is 5. The summed E-state index contributed by atoms with van der Waals surface area (Å²) < 4.78 is 5.21. The molecule has 2 heterocycles. The number of anilines is 1. The van der Waals surface area contributed by atoms with Crippen LogP contribution < -0.4 is 5.32 Å². The standard InChI is InChI=1S/C10H13ClN2O3S/c11-7-5-17-9(13-7)12-6-10(8(14)15)1-3-16-4-2-10/h5H,1-4,6H2,(H,12,13)(H,14,15). The summed E-state index contributed by atoms with van der Waals surface area (Å²) in [4.78, 5) is 15.4. The average Bonchev–Trinajstić information content (AvgIpc) is 2.74. The molecule has 0 aromatic carbocycles. The highest BCUT2D eigenvalue weighted by Crippen LogP contribution is 2.31. The van der Waals surface area contributed by atoms with E-state index in [4.69, 9.17) is 16.3 Å². The Morgan fingerprint density at radius 1 is 1.65 bits per heavy atom. The van der Waals surface area contributed by atoms with Gasteiger partial charge in [-0.25, -0.2) is 4.98 Å². The number of ether oxygens (including phenoxy) is 1. The largest absolute Gasteiger partial charge is 0.481 e. The van der Waals surface area contributed by atoms with Crippen molar-refractivity contribution in [1.82, 2.24) is 4.98 Å². The maximum Gasteiger partial charge on any atom is 0.311 e. The minimum Gasteiger partial charge on any atom is -0.481 e. The van der Waals surface area contributed by atoms with Gasteiger partial charge in [-0.1, -0.05) is 11.6 Å². The molecule has 1 fully saturated rings. The molecule has 0 unspecified atom stereocenters. The van der Waals surface area contributed by atoms with Gasteiger partial charge in [0.1, 0.15) is 5.15 Å². The van der Waals surface area contributed by atoms with Gasteiger partial charge < -0.3 is 15.2 Å². The summed E-state index contributed by atoms with van der Waals surface area (Å²) in [6, 6.07) is 0. The Bertz CT molecular complexity index is 404. The minimum absolute atomic E-state index is 0.357. The highest BCUT2D eigenvalue weighted by molar-refractivity contribution is 7.14. The minimum atomic E-state index is -0.782. The number of nitrogens with zero attached hydrogens (tertiary/aromatic N) is 1. The molecule has 0 amide bonds. The molecule has 0 radical (unpaired) electrons. The average molecular weight is 277 g/mol. The van der Waals surface area contributed by atoms with Gasteiger partial charge >= 0.3 is 5.97 Å². The van der Waals surface area contributed by atoms with Crippen LogP contribution in [-0.4, -0.2) is 35.8 Å². The van der Waals surface area contributed by atoms with Gasteiger partial charge in [0.15, 0.2) is 5.13 Å². The number of rotatable bonds is 4. The van der Waals surface area contributed by atoms with E-state index in [0.29, 0.717) is 42.9 Å². The van der Waals surface area contributed by atoms with E-state index in [1.807, 2.05) is 0 Å². The molecule has 0 bridgehead atoms. The van der Waals surface area contributed by atoms with Gasteiger partial charge in [0.25, 0.3) is 0 Å². The van der Waals surface area contributed by atoms with E-state index in [1.165, 1.54) is 11.3 Å². The van der Waals surface area contributed by atoms with Crippen molar-refractivity contribution in [2.75, 3.05) is 25.1 Å². The molecule has 7 heteroatoms. The molecule has 1 aliphatic heterocycles. The zero-order chi connectivity index (χ0) is 12.3. The third kappa shape index (κ3) is 2.88. The number of hydrogen-bond donors (Lipinski definition) is 2. The fourth-order valence-electron chi connectivity index (χ4n) is 1.81. The van der Waals surface area contributed by atoms with Gasteiger partial charge in [-0.3, -0.25) is 4.79 Å². The van der Waals surface area contributed by atoms with Gasteiger partial charge in [0.2, 0.25) is 0 Å². The zero-order valence-corrected chi connectivity index (χ0v) is 10.7. The summed E-state index contributed by atoms with van der Waals surface area (Å²) in [6.07, 6.45) is 1.04. The van der Waals surface area contributed by atoms with E-state index >= 15 is 0 Å². The number of thiazole rings is 1. The predicted octanol–water partition coefficient (Wildman–Crippen LogP) is 2.09. The maximum atomic E-state index is 11.4. The van der Waals surface area contributed by atoms with Crippen molar-refractivity contribution in [3.05, 3.63) is 10.5 Å². The lowest BCUT2D eigenvalue weighted by molar-refractivity contribution is -0.153. The molecular formula is C10H13ClN2O3S.